The van der Waals surface area contributed by atoms with Crippen LogP contribution in [0.4, 0.5) is 11.5 Å². The molecular weight excluding hydrogens is 386 g/mol. The van der Waals surface area contributed by atoms with Crippen LogP contribution in [0.15, 0.2) is 27.9 Å². The van der Waals surface area contributed by atoms with E-state index in [-0.39, 0.29) is 29.7 Å². The van der Waals surface area contributed by atoms with Crippen molar-refractivity contribution in [3.05, 3.63) is 49.9 Å². The molecule has 28 heavy (non-hydrogen) atoms. The zero-order valence-corrected chi connectivity index (χ0v) is 16.8. The van der Waals surface area contributed by atoms with Gasteiger partial charge in [-0.25, -0.2) is 4.79 Å². The van der Waals surface area contributed by atoms with Crippen LogP contribution in [0.25, 0.3) is 0 Å². The molecule has 2 aromatic rings. The number of ether oxygens (including phenoxy) is 1. The summed E-state index contributed by atoms with van der Waals surface area (Å²) in [6.45, 7) is 4.64. The lowest BCUT2D eigenvalue weighted by Crippen LogP contribution is -2.42. The first-order valence-corrected chi connectivity index (χ1v) is 9.19. The Morgan fingerprint density at radius 3 is 2.75 bits per heavy atom. The van der Waals surface area contributed by atoms with Gasteiger partial charge in [0.25, 0.3) is 11.5 Å². The van der Waals surface area contributed by atoms with Crippen molar-refractivity contribution in [2.24, 2.45) is 5.92 Å². The molecule has 1 amide bonds. The average Bonchev–Trinajstić information content (AvgIpc) is 2.63. The average molecular weight is 410 g/mol. The van der Waals surface area contributed by atoms with Crippen molar-refractivity contribution in [3.63, 3.8) is 0 Å². The number of nitrogens with zero attached hydrogens (tertiary/aromatic N) is 3. The van der Waals surface area contributed by atoms with Crippen molar-refractivity contribution in [3.8, 4) is 0 Å². The van der Waals surface area contributed by atoms with Crippen LogP contribution in [0.1, 0.15) is 30.8 Å². The minimum Gasteiger partial charge on any atom is -0.385 e. The number of aromatic amines is 1. The van der Waals surface area contributed by atoms with Crippen LogP contribution in [0.3, 0.4) is 0 Å². The van der Waals surface area contributed by atoms with Gasteiger partial charge in [-0.05, 0) is 24.5 Å². The van der Waals surface area contributed by atoms with E-state index in [9.17, 15) is 14.4 Å². The maximum absolute atomic E-state index is 13.1. The molecule has 3 N–H and O–H groups in total. The summed E-state index contributed by atoms with van der Waals surface area (Å²) in [7, 11) is 1.54. The molecule has 0 aliphatic heterocycles. The van der Waals surface area contributed by atoms with E-state index in [0.29, 0.717) is 24.6 Å². The number of nitrogens with two attached hydrogens (primary N) is 1. The van der Waals surface area contributed by atoms with Gasteiger partial charge in [0.05, 0.1) is 0 Å². The maximum atomic E-state index is 13.1. The first-order valence-electron chi connectivity index (χ1n) is 8.81. The maximum Gasteiger partial charge on any atom is 0.330 e. The van der Waals surface area contributed by atoms with Gasteiger partial charge >= 0.3 is 5.69 Å². The largest absolute Gasteiger partial charge is 0.385 e. The lowest BCUT2D eigenvalue weighted by molar-refractivity contribution is 0.0978. The number of hydrogen-bond acceptors (Lipinski definition) is 6. The topological polar surface area (TPSA) is 123 Å². The van der Waals surface area contributed by atoms with Crippen molar-refractivity contribution in [1.29, 1.82) is 0 Å². The van der Waals surface area contributed by atoms with Crippen LogP contribution >= 0.6 is 11.6 Å². The smallest absolute Gasteiger partial charge is 0.330 e. The van der Waals surface area contributed by atoms with E-state index in [2.05, 4.69) is 9.97 Å². The third-order valence-electron chi connectivity index (χ3n) is 3.95. The second-order valence-electron chi connectivity index (χ2n) is 6.66. The predicted molar refractivity (Wildman–Crippen MR) is 108 cm³/mol. The number of H-pyrrole nitrogens is 1. The number of methoxy groups -OCH3 is 1. The van der Waals surface area contributed by atoms with E-state index < -0.39 is 17.2 Å². The van der Waals surface area contributed by atoms with Gasteiger partial charge in [0.2, 0.25) is 0 Å². The molecule has 0 fully saturated rings. The molecule has 0 aliphatic rings. The summed E-state index contributed by atoms with van der Waals surface area (Å²) in [4.78, 5) is 45.3. The summed E-state index contributed by atoms with van der Waals surface area (Å²) in [6.07, 6.45) is 1.85. The van der Waals surface area contributed by atoms with E-state index in [4.69, 9.17) is 22.1 Å². The Morgan fingerprint density at radius 2 is 2.14 bits per heavy atom. The first-order chi connectivity index (χ1) is 13.3. The Bertz CT molecular complexity index is 954. The van der Waals surface area contributed by atoms with Crippen LogP contribution < -0.4 is 21.9 Å². The third-order valence-corrected chi connectivity index (χ3v) is 4.18. The molecule has 2 aromatic heterocycles. The standard InChI is InChI=1S/C18H24ClN5O4/c1-11(2)10-24-15(20)14(16(25)22-18(24)27)23(7-4-8-28-3)17(26)13-9-12(19)5-6-21-13/h5-6,9,11H,4,7-8,10,20H2,1-3H3,(H,22,25,27). The minimum atomic E-state index is -0.740. The highest BCUT2D eigenvalue weighted by molar-refractivity contribution is 6.31. The van der Waals surface area contributed by atoms with E-state index in [0.717, 1.165) is 0 Å². The zero-order chi connectivity index (χ0) is 20.8. The zero-order valence-electron chi connectivity index (χ0n) is 16.1. The summed E-state index contributed by atoms with van der Waals surface area (Å²) in [6, 6.07) is 2.94. The fraction of sp³-hybridized carbons (Fsp3) is 0.444. The number of hydrogen-bond donors (Lipinski definition) is 2. The van der Waals surface area contributed by atoms with Crippen molar-refractivity contribution in [2.45, 2.75) is 26.8 Å². The van der Waals surface area contributed by atoms with Gasteiger partial charge in [0.1, 0.15) is 11.5 Å². The van der Waals surface area contributed by atoms with Crippen LogP contribution in [0, 0.1) is 5.92 Å². The number of carbonyl (C=O) groups excluding carboxylic acids is 1. The number of anilines is 2. The molecule has 0 radical (unpaired) electrons. The molecule has 0 atom stereocenters. The lowest BCUT2D eigenvalue weighted by atomic mass is 10.2. The molecule has 10 heteroatoms. The van der Waals surface area contributed by atoms with Gasteiger partial charge in [-0.15, -0.1) is 0 Å². The highest BCUT2D eigenvalue weighted by Crippen LogP contribution is 2.21. The monoisotopic (exact) mass is 409 g/mol. The van der Waals surface area contributed by atoms with Gasteiger partial charge in [0, 0.05) is 38.0 Å². The minimum absolute atomic E-state index is 0.0605. The molecule has 0 unspecified atom stereocenters. The normalized spacial score (nSPS) is 11.0. The number of nitrogens with one attached hydrogen (secondary N) is 1. The number of nitrogen functional groups attached to an aromatic ring is 1. The number of rotatable bonds is 8. The summed E-state index contributed by atoms with van der Waals surface area (Å²) in [5.41, 5.74) is 4.76. The Hall–Kier alpha value is -2.65. The first kappa shape index (κ1) is 21.6. The third kappa shape index (κ3) is 4.99. The molecule has 0 aliphatic carbocycles. The summed E-state index contributed by atoms with van der Waals surface area (Å²) >= 11 is 5.96. The van der Waals surface area contributed by atoms with Crippen LogP contribution in [-0.2, 0) is 11.3 Å². The molecule has 152 valence electrons. The van der Waals surface area contributed by atoms with Gasteiger partial charge in [0.15, 0.2) is 5.69 Å². The van der Waals surface area contributed by atoms with Crippen molar-refractivity contribution >= 4 is 29.0 Å². The molecule has 0 saturated carbocycles. The van der Waals surface area contributed by atoms with E-state index in [1.54, 1.807) is 0 Å². The van der Waals surface area contributed by atoms with Gasteiger partial charge in [-0.2, -0.15) is 0 Å². The van der Waals surface area contributed by atoms with Crippen molar-refractivity contribution in [2.75, 3.05) is 30.9 Å². The van der Waals surface area contributed by atoms with Gasteiger partial charge in [-0.1, -0.05) is 25.4 Å². The Labute approximate surface area is 167 Å². The molecule has 0 aromatic carbocycles. The lowest BCUT2D eigenvalue weighted by Gasteiger charge is -2.24. The number of carbonyl (C=O) groups is 1. The quantitative estimate of drug-likeness (QED) is 0.637. The molecule has 2 heterocycles. The Balaban J connectivity index is 2.58. The molecule has 9 nitrogen and oxygen atoms in total. The second-order valence-corrected chi connectivity index (χ2v) is 7.10. The second kappa shape index (κ2) is 9.52. The molecular formula is C18H24ClN5O4. The molecule has 0 spiro atoms. The highest BCUT2D eigenvalue weighted by Gasteiger charge is 2.26. The molecule has 0 saturated heterocycles. The fourth-order valence-corrected chi connectivity index (χ4v) is 2.89. The number of aromatic nitrogens is 3. The van der Waals surface area contributed by atoms with Crippen LogP contribution in [0.5, 0.6) is 0 Å². The predicted octanol–water partition coefficient (Wildman–Crippen LogP) is 1.51. The fourth-order valence-electron chi connectivity index (χ4n) is 2.73. The number of amides is 1. The van der Waals surface area contributed by atoms with E-state index in [1.165, 1.54) is 34.9 Å². The summed E-state index contributed by atoms with van der Waals surface area (Å²) in [5, 5.41) is 0.335. The highest BCUT2D eigenvalue weighted by atomic mass is 35.5. The van der Waals surface area contributed by atoms with Crippen LogP contribution in [0.2, 0.25) is 5.02 Å². The number of halogens is 1. The molecule has 2 rings (SSSR count). The van der Waals surface area contributed by atoms with E-state index >= 15 is 0 Å². The number of pyridine rings is 1. The Morgan fingerprint density at radius 1 is 1.43 bits per heavy atom. The van der Waals surface area contributed by atoms with Crippen LogP contribution in [-0.4, -0.2) is 40.7 Å². The van der Waals surface area contributed by atoms with Crippen molar-refractivity contribution in [1.82, 2.24) is 14.5 Å². The molecule has 0 bridgehead atoms. The SMILES string of the molecule is COCCCN(C(=O)c1cc(Cl)ccn1)c1c(N)n(CC(C)C)c(=O)[nH]c1=O. The Kier molecular flexibility index (Phi) is 7.36. The van der Waals surface area contributed by atoms with Gasteiger partial charge < -0.3 is 10.5 Å². The summed E-state index contributed by atoms with van der Waals surface area (Å²) in [5.74, 6) is -0.521. The van der Waals surface area contributed by atoms with E-state index in [1.807, 2.05) is 13.8 Å². The van der Waals surface area contributed by atoms with Crippen molar-refractivity contribution < 1.29 is 9.53 Å². The summed E-state index contributed by atoms with van der Waals surface area (Å²) < 4.78 is 6.29. The van der Waals surface area contributed by atoms with Gasteiger partial charge in [-0.3, -0.25) is 29.0 Å².